The average molecular weight is 552 g/mol. The van der Waals surface area contributed by atoms with E-state index >= 15 is 0 Å². The number of nitrogens with one attached hydrogen (secondary N) is 2. The van der Waals surface area contributed by atoms with Crippen molar-refractivity contribution in [3.05, 3.63) is 89.5 Å². The van der Waals surface area contributed by atoms with Gasteiger partial charge in [0.25, 0.3) is 0 Å². The maximum absolute atomic E-state index is 6.07. The summed E-state index contributed by atoms with van der Waals surface area (Å²) in [7, 11) is 0. The highest BCUT2D eigenvalue weighted by Crippen LogP contribution is 2.28. The van der Waals surface area contributed by atoms with Gasteiger partial charge < -0.3 is 14.5 Å². The summed E-state index contributed by atoms with van der Waals surface area (Å²) in [4.78, 5) is 12.7. The third kappa shape index (κ3) is 6.07. The summed E-state index contributed by atoms with van der Waals surface area (Å²) in [5.41, 5.74) is 7.42. The molecule has 0 bridgehead atoms. The number of pyridine rings is 1. The van der Waals surface area contributed by atoms with Gasteiger partial charge in [0.05, 0.1) is 24.6 Å². The van der Waals surface area contributed by atoms with E-state index in [-0.39, 0.29) is 0 Å². The Morgan fingerprint density at radius 3 is 2.70 bits per heavy atom. The van der Waals surface area contributed by atoms with E-state index in [1.54, 1.807) is 11.8 Å². The lowest BCUT2D eigenvalue weighted by atomic mass is 10.0. The molecule has 6 rings (SSSR count). The second-order valence-electron chi connectivity index (χ2n) is 9.41. The van der Waals surface area contributed by atoms with Crippen LogP contribution in [0.1, 0.15) is 35.5 Å². The van der Waals surface area contributed by atoms with Crippen LogP contribution < -0.4 is 9.47 Å². The van der Waals surface area contributed by atoms with Crippen LogP contribution in [0.2, 0.25) is 0 Å². The molecule has 10 heteroatoms. The molecule has 3 aromatic heterocycles. The highest BCUT2D eigenvalue weighted by atomic mass is 32.2. The van der Waals surface area contributed by atoms with Crippen molar-refractivity contribution in [2.45, 2.75) is 37.1 Å². The van der Waals surface area contributed by atoms with Crippen molar-refractivity contribution in [3.8, 4) is 34.0 Å². The molecule has 0 saturated carbocycles. The van der Waals surface area contributed by atoms with Crippen LogP contribution >= 0.6 is 11.8 Å². The fourth-order valence-corrected chi connectivity index (χ4v) is 5.43. The Kier molecular flexibility index (Phi) is 7.85. The Morgan fingerprint density at radius 1 is 0.975 bits per heavy atom. The van der Waals surface area contributed by atoms with Crippen molar-refractivity contribution in [1.29, 1.82) is 0 Å². The topological polar surface area (TPSA) is 114 Å². The van der Waals surface area contributed by atoms with Crippen molar-refractivity contribution in [2.75, 3.05) is 13.2 Å². The lowest BCUT2D eigenvalue weighted by Crippen LogP contribution is -2.06. The van der Waals surface area contributed by atoms with Gasteiger partial charge in [-0.15, -0.1) is 10.2 Å². The molecule has 1 aliphatic rings. The number of tetrazole rings is 1. The molecule has 5 aromatic rings. The molecular weight excluding hydrogens is 522 g/mol. The molecule has 40 heavy (non-hydrogen) atoms. The molecule has 0 amide bonds. The Morgan fingerprint density at radius 2 is 1.85 bits per heavy atom. The van der Waals surface area contributed by atoms with E-state index in [0.717, 1.165) is 75.3 Å². The number of nitrogens with zero attached hydrogens (tertiary/aromatic N) is 5. The zero-order valence-electron chi connectivity index (χ0n) is 22.1. The highest BCUT2D eigenvalue weighted by molar-refractivity contribution is 7.98. The molecule has 0 unspecified atom stereocenters. The van der Waals surface area contributed by atoms with Crippen LogP contribution in [0.15, 0.2) is 72.0 Å². The molecule has 0 aliphatic heterocycles. The summed E-state index contributed by atoms with van der Waals surface area (Å²) in [5.74, 6) is 3.00. The first kappa shape index (κ1) is 25.8. The monoisotopic (exact) mass is 551 g/mol. The van der Waals surface area contributed by atoms with Crippen LogP contribution in [0, 0.1) is 6.92 Å². The predicted molar refractivity (Wildman–Crippen MR) is 155 cm³/mol. The van der Waals surface area contributed by atoms with Crippen molar-refractivity contribution < 1.29 is 9.47 Å². The number of aryl methyl sites for hydroxylation is 1. The number of hydrogen-bond donors (Lipinski definition) is 2. The summed E-state index contributed by atoms with van der Waals surface area (Å²) in [6.07, 6.45) is 8.93. The molecule has 1 aliphatic carbocycles. The molecule has 0 saturated heterocycles. The third-order valence-corrected chi connectivity index (χ3v) is 7.58. The van der Waals surface area contributed by atoms with E-state index < -0.39 is 0 Å². The maximum atomic E-state index is 6.07. The van der Waals surface area contributed by atoms with Gasteiger partial charge >= 0.3 is 0 Å². The minimum absolute atomic E-state index is 0.565. The van der Waals surface area contributed by atoms with E-state index in [0.29, 0.717) is 19.0 Å². The van der Waals surface area contributed by atoms with Gasteiger partial charge in [-0.3, -0.25) is 4.98 Å². The number of thioether (sulfide) groups is 1. The zero-order valence-corrected chi connectivity index (χ0v) is 22.9. The quantitative estimate of drug-likeness (QED) is 0.150. The molecule has 0 atom stereocenters. The number of hydrogen-bond acceptors (Lipinski definition) is 8. The Balaban J connectivity index is 0.966. The molecule has 9 nitrogen and oxygen atoms in total. The standard InChI is InChI=1S/C30H29N7O2S/c1-20-27(19-40-30-32-25-8-2-3-9-26(25)33-30)31-15-14-28(20)39-17-5-16-38-24-12-10-21(11-13-24)22-6-4-7-23(18-22)29-34-36-37-35-29/h2,4,6-8,10-15,18H,3,5,9,16-17,19H2,1H3,(H,32,33)(H,34,35,36,37). The minimum atomic E-state index is 0.565. The van der Waals surface area contributed by atoms with E-state index in [1.165, 1.54) is 5.69 Å². The van der Waals surface area contributed by atoms with Crippen molar-refractivity contribution in [1.82, 2.24) is 35.6 Å². The van der Waals surface area contributed by atoms with Gasteiger partial charge in [0.1, 0.15) is 11.5 Å². The number of H-pyrrole nitrogens is 2. The normalized spacial score (nSPS) is 12.3. The van der Waals surface area contributed by atoms with Crippen molar-refractivity contribution >= 4 is 17.8 Å². The molecule has 2 N–H and O–H groups in total. The van der Waals surface area contributed by atoms with Crippen molar-refractivity contribution in [2.24, 2.45) is 0 Å². The Bertz CT molecular complexity index is 1600. The van der Waals surface area contributed by atoms with Crippen LogP contribution in [-0.4, -0.2) is 48.8 Å². The Labute approximate surface area is 236 Å². The predicted octanol–water partition coefficient (Wildman–Crippen LogP) is 6.06. The maximum Gasteiger partial charge on any atom is 0.204 e. The molecule has 202 valence electrons. The van der Waals surface area contributed by atoms with Gasteiger partial charge in [-0.25, -0.2) is 4.98 Å². The number of imidazole rings is 1. The zero-order chi connectivity index (χ0) is 27.1. The van der Waals surface area contributed by atoms with Crippen LogP contribution in [0.4, 0.5) is 0 Å². The fraction of sp³-hybridized carbons (Fsp3) is 0.233. The number of allylic oxidation sites excluding steroid dienone is 1. The van der Waals surface area contributed by atoms with E-state index in [4.69, 9.17) is 9.47 Å². The number of benzene rings is 2. The molecule has 0 fully saturated rings. The Hall–Kier alpha value is -4.44. The van der Waals surface area contributed by atoms with Gasteiger partial charge in [0.2, 0.25) is 5.82 Å². The largest absolute Gasteiger partial charge is 0.493 e. The smallest absolute Gasteiger partial charge is 0.204 e. The second-order valence-corrected chi connectivity index (χ2v) is 10.4. The summed E-state index contributed by atoms with van der Waals surface area (Å²) >= 11 is 1.67. The molecule has 2 aromatic carbocycles. The summed E-state index contributed by atoms with van der Waals surface area (Å²) < 4.78 is 12.0. The van der Waals surface area contributed by atoms with Gasteiger partial charge in [-0.2, -0.15) is 5.21 Å². The number of fused-ring (bicyclic) bond motifs is 1. The first-order valence-electron chi connectivity index (χ1n) is 13.3. The molecular formula is C30H29N7O2S. The average Bonchev–Trinajstić information content (AvgIpc) is 3.68. The van der Waals surface area contributed by atoms with Crippen molar-refractivity contribution in [3.63, 3.8) is 0 Å². The summed E-state index contributed by atoms with van der Waals surface area (Å²) in [6.45, 7) is 3.19. The van der Waals surface area contributed by atoms with Crippen LogP contribution in [-0.2, 0) is 12.2 Å². The lowest BCUT2D eigenvalue weighted by molar-refractivity contribution is 0.246. The summed E-state index contributed by atoms with van der Waals surface area (Å²) in [5, 5.41) is 15.2. The SMILES string of the molecule is Cc1c(OCCCOc2ccc(-c3cccc(-c4nn[nH]n4)c3)cc2)ccnc1CSc1nc2c([nH]1)CCC=C2. The van der Waals surface area contributed by atoms with Crippen LogP contribution in [0.5, 0.6) is 11.5 Å². The molecule has 0 radical (unpaired) electrons. The highest BCUT2D eigenvalue weighted by Gasteiger charge is 2.13. The third-order valence-electron chi connectivity index (χ3n) is 6.70. The number of aromatic nitrogens is 7. The second kappa shape index (κ2) is 12.2. The fourth-order valence-electron chi connectivity index (χ4n) is 4.51. The van der Waals surface area contributed by atoms with Crippen LogP contribution in [0.25, 0.3) is 28.6 Å². The van der Waals surface area contributed by atoms with E-state index in [2.05, 4.69) is 72.9 Å². The van der Waals surface area contributed by atoms with Crippen LogP contribution in [0.3, 0.4) is 0 Å². The van der Waals surface area contributed by atoms with Gasteiger partial charge in [-0.1, -0.05) is 48.2 Å². The van der Waals surface area contributed by atoms with E-state index in [1.807, 2.05) is 42.6 Å². The molecule has 0 spiro atoms. The number of ether oxygens (including phenoxy) is 2. The van der Waals surface area contributed by atoms with Gasteiger partial charge in [-0.05, 0) is 66.4 Å². The minimum Gasteiger partial charge on any atom is -0.493 e. The number of aromatic amines is 2. The van der Waals surface area contributed by atoms with E-state index in [9.17, 15) is 0 Å². The molecule has 3 heterocycles. The lowest BCUT2D eigenvalue weighted by Gasteiger charge is -2.12. The first-order valence-corrected chi connectivity index (χ1v) is 14.2. The number of rotatable bonds is 11. The summed E-state index contributed by atoms with van der Waals surface area (Å²) in [6, 6.07) is 18.1. The van der Waals surface area contributed by atoms with Gasteiger partial charge in [0, 0.05) is 35.2 Å². The van der Waals surface area contributed by atoms with Gasteiger partial charge in [0.15, 0.2) is 5.16 Å². The first-order chi connectivity index (χ1) is 19.7.